The fourth-order valence-corrected chi connectivity index (χ4v) is 2.31. The molecule has 0 bridgehead atoms. The standard InChI is InChI=1S/C17H23N3O3/c1-3-12(2)16(22)19-10-13-4-6-14(7-5-13)17(23)20-9-8-18-15(21)11-20/h4-7,12H,3,8-11H2,1-2H3,(H,18,21)(H,19,22). The van der Waals surface area contributed by atoms with Crippen molar-refractivity contribution in [2.24, 2.45) is 5.92 Å². The van der Waals surface area contributed by atoms with Crippen LogP contribution in [0.3, 0.4) is 0 Å². The van der Waals surface area contributed by atoms with Crippen LogP contribution >= 0.6 is 0 Å². The monoisotopic (exact) mass is 317 g/mol. The van der Waals surface area contributed by atoms with Gasteiger partial charge in [-0.05, 0) is 24.1 Å². The van der Waals surface area contributed by atoms with Crippen molar-refractivity contribution < 1.29 is 14.4 Å². The predicted octanol–water partition coefficient (Wildman–Crippen LogP) is 0.921. The fraction of sp³-hybridized carbons (Fsp3) is 0.471. The van der Waals surface area contributed by atoms with Crippen LogP contribution in [0, 0.1) is 5.92 Å². The van der Waals surface area contributed by atoms with Crippen LogP contribution < -0.4 is 10.6 Å². The van der Waals surface area contributed by atoms with Gasteiger partial charge in [0.05, 0.1) is 6.54 Å². The van der Waals surface area contributed by atoms with Crippen molar-refractivity contribution in [3.05, 3.63) is 35.4 Å². The van der Waals surface area contributed by atoms with Crippen LogP contribution in [0.2, 0.25) is 0 Å². The van der Waals surface area contributed by atoms with Gasteiger partial charge in [0.2, 0.25) is 11.8 Å². The third kappa shape index (κ3) is 4.55. The first-order valence-corrected chi connectivity index (χ1v) is 7.94. The molecule has 6 nitrogen and oxygen atoms in total. The summed E-state index contributed by atoms with van der Waals surface area (Å²) in [4.78, 5) is 37.0. The van der Waals surface area contributed by atoms with E-state index in [1.807, 2.05) is 26.0 Å². The Kier molecular flexibility index (Phi) is 5.73. The molecule has 1 heterocycles. The van der Waals surface area contributed by atoms with E-state index in [1.165, 1.54) is 0 Å². The quantitative estimate of drug-likeness (QED) is 0.848. The summed E-state index contributed by atoms with van der Waals surface area (Å²) in [6.45, 7) is 5.44. The first-order valence-electron chi connectivity index (χ1n) is 7.94. The third-order valence-electron chi connectivity index (χ3n) is 4.05. The summed E-state index contributed by atoms with van der Waals surface area (Å²) < 4.78 is 0. The number of carbonyl (C=O) groups excluding carboxylic acids is 3. The smallest absolute Gasteiger partial charge is 0.254 e. The highest BCUT2D eigenvalue weighted by Crippen LogP contribution is 2.09. The largest absolute Gasteiger partial charge is 0.353 e. The Morgan fingerprint density at radius 2 is 2.00 bits per heavy atom. The van der Waals surface area contributed by atoms with Gasteiger partial charge in [-0.2, -0.15) is 0 Å². The molecule has 1 aromatic carbocycles. The summed E-state index contributed by atoms with van der Waals surface area (Å²) >= 11 is 0. The first kappa shape index (κ1) is 17.0. The van der Waals surface area contributed by atoms with Crippen LogP contribution in [-0.2, 0) is 16.1 Å². The molecule has 2 rings (SSSR count). The van der Waals surface area contributed by atoms with Crippen molar-refractivity contribution in [3.63, 3.8) is 0 Å². The Bertz CT molecular complexity index is 583. The number of nitrogens with zero attached hydrogens (tertiary/aromatic N) is 1. The number of piperazine rings is 1. The number of hydrogen-bond donors (Lipinski definition) is 2. The zero-order chi connectivity index (χ0) is 16.8. The summed E-state index contributed by atoms with van der Waals surface area (Å²) in [5, 5.41) is 5.58. The van der Waals surface area contributed by atoms with E-state index in [9.17, 15) is 14.4 Å². The minimum atomic E-state index is -0.143. The van der Waals surface area contributed by atoms with Gasteiger partial charge in [0.25, 0.3) is 5.91 Å². The van der Waals surface area contributed by atoms with Crippen molar-refractivity contribution in [1.29, 1.82) is 0 Å². The van der Waals surface area contributed by atoms with Gasteiger partial charge in [-0.3, -0.25) is 14.4 Å². The SMILES string of the molecule is CCC(C)C(=O)NCc1ccc(C(=O)N2CCNC(=O)C2)cc1. The van der Waals surface area contributed by atoms with Crippen LogP contribution in [0.15, 0.2) is 24.3 Å². The lowest BCUT2D eigenvalue weighted by Gasteiger charge is -2.26. The summed E-state index contributed by atoms with van der Waals surface area (Å²) in [6.07, 6.45) is 0.808. The molecule has 0 aliphatic carbocycles. The highest BCUT2D eigenvalue weighted by molar-refractivity contribution is 5.97. The van der Waals surface area contributed by atoms with Crippen LogP contribution in [0.1, 0.15) is 36.2 Å². The molecule has 0 aromatic heterocycles. The normalized spacial score (nSPS) is 15.7. The minimum Gasteiger partial charge on any atom is -0.353 e. The zero-order valence-corrected chi connectivity index (χ0v) is 13.6. The van der Waals surface area contributed by atoms with Crippen molar-refractivity contribution in [3.8, 4) is 0 Å². The second kappa shape index (κ2) is 7.76. The molecule has 1 saturated heterocycles. The Morgan fingerprint density at radius 3 is 2.61 bits per heavy atom. The van der Waals surface area contributed by atoms with Gasteiger partial charge in [0.1, 0.15) is 0 Å². The molecule has 0 saturated carbocycles. The van der Waals surface area contributed by atoms with E-state index in [1.54, 1.807) is 17.0 Å². The van der Waals surface area contributed by atoms with Crippen LogP contribution in [0.5, 0.6) is 0 Å². The molecule has 3 amide bonds. The maximum absolute atomic E-state index is 12.3. The number of rotatable bonds is 5. The van der Waals surface area contributed by atoms with E-state index in [0.717, 1.165) is 12.0 Å². The average molecular weight is 317 g/mol. The Balaban J connectivity index is 1.92. The summed E-state index contributed by atoms with van der Waals surface area (Å²) in [5.74, 6) is -0.239. The average Bonchev–Trinajstić information content (AvgIpc) is 2.58. The van der Waals surface area contributed by atoms with Gasteiger partial charge in [-0.15, -0.1) is 0 Å². The lowest BCUT2D eigenvalue weighted by molar-refractivity contribution is -0.125. The number of hydrogen-bond acceptors (Lipinski definition) is 3. The second-order valence-corrected chi connectivity index (χ2v) is 5.80. The van der Waals surface area contributed by atoms with Crippen LogP contribution in [-0.4, -0.2) is 42.3 Å². The molecule has 6 heteroatoms. The van der Waals surface area contributed by atoms with Crippen molar-refractivity contribution >= 4 is 17.7 Å². The van der Waals surface area contributed by atoms with E-state index < -0.39 is 0 Å². The topological polar surface area (TPSA) is 78.5 Å². The minimum absolute atomic E-state index is 0.00102. The molecule has 1 atom stereocenters. The third-order valence-corrected chi connectivity index (χ3v) is 4.05. The molecule has 0 radical (unpaired) electrons. The van der Waals surface area contributed by atoms with E-state index in [4.69, 9.17) is 0 Å². The summed E-state index contributed by atoms with van der Waals surface area (Å²) in [7, 11) is 0. The van der Waals surface area contributed by atoms with E-state index in [0.29, 0.717) is 25.2 Å². The zero-order valence-electron chi connectivity index (χ0n) is 13.6. The maximum atomic E-state index is 12.3. The first-order chi connectivity index (χ1) is 11.0. The fourth-order valence-electron chi connectivity index (χ4n) is 2.31. The van der Waals surface area contributed by atoms with Crippen LogP contribution in [0.4, 0.5) is 0 Å². The molecular weight excluding hydrogens is 294 g/mol. The lowest BCUT2D eigenvalue weighted by Crippen LogP contribution is -2.49. The van der Waals surface area contributed by atoms with Gasteiger partial charge in [-0.25, -0.2) is 0 Å². The molecule has 1 aliphatic rings. The van der Waals surface area contributed by atoms with Crippen molar-refractivity contribution in [2.75, 3.05) is 19.6 Å². The molecule has 23 heavy (non-hydrogen) atoms. The second-order valence-electron chi connectivity index (χ2n) is 5.80. The molecule has 1 aliphatic heterocycles. The number of amides is 3. The summed E-state index contributed by atoms with van der Waals surface area (Å²) in [5.41, 5.74) is 1.49. The molecular formula is C17H23N3O3. The van der Waals surface area contributed by atoms with Crippen molar-refractivity contribution in [2.45, 2.75) is 26.8 Å². The molecule has 1 aromatic rings. The molecule has 1 unspecified atom stereocenters. The molecule has 1 fully saturated rings. The van der Waals surface area contributed by atoms with Gasteiger partial charge < -0.3 is 15.5 Å². The number of benzene rings is 1. The van der Waals surface area contributed by atoms with Gasteiger partial charge >= 0.3 is 0 Å². The van der Waals surface area contributed by atoms with E-state index in [-0.39, 0.29) is 30.2 Å². The van der Waals surface area contributed by atoms with Crippen molar-refractivity contribution in [1.82, 2.24) is 15.5 Å². The Morgan fingerprint density at radius 1 is 1.30 bits per heavy atom. The number of nitrogens with one attached hydrogen (secondary N) is 2. The number of carbonyl (C=O) groups is 3. The Hall–Kier alpha value is -2.37. The van der Waals surface area contributed by atoms with Gasteiger partial charge in [-0.1, -0.05) is 26.0 Å². The highest BCUT2D eigenvalue weighted by atomic mass is 16.2. The summed E-state index contributed by atoms with van der Waals surface area (Å²) in [6, 6.07) is 7.13. The van der Waals surface area contributed by atoms with E-state index in [2.05, 4.69) is 10.6 Å². The van der Waals surface area contributed by atoms with E-state index >= 15 is 0 Å². The van der Waals surface area contributed by atoms with Gasteiger partial charge in [0, 0.05) is 31.1 Å². The maximum Gasteiger partial charge on any atom is 0.254 e. The highest BCUT2D eigenvalue weighted by Gasteiger charge is 2.22. The lowest BCUT2D eigenvalue weighted by atomic mass is 10.1. The molecule has 0 spiro atoms. The molecule has 124 valence electrons. The predicted molar refractivity (Wildman–Crippen MR) is 86.7 cm³/mol. The van der Waals surface area contributed by atoms with Gasteiger partial charge in [0.15, 0.2) is 0 Å². The molecule has 2 N–H and O–H groups in total. The Labute approximate surface area is 136 Å². The van der Waals surface area contributed by atoms with Crippen LogP contribution in [0.25, 0.3) is 0 Å².